The molecule has 0 saturated heterocycles. The zero-order valence-electron chi connectivity index (χ0n) is 12.6. The van der Waals surface area contributed by atoms with Crippen LogP contribution in [0.15, 0.2) is 24.6 Å². The number of phosphoric acid groups is 1. The van der Waals surface area contributed by atoms with Crippen molar-refractivity contribution in [2.75, 3.05) is 12.3 Å². The summed E-state index contributed by atoms with van der Waals surface area (Å²) in [5, 5.41) is -0.0379. The fourth-order valence-corrected chi connectivity index (χ4v) is 3.05. The van der Waals surface area contributed by atoms with Crippen molar-refractivity contribution in [1.29, 1.82) is 0 Å². The van der Waals surface area contributed by atoms with Crippen LogP contribution in [-0.2, 0) is 60.1 Å². The Morgan fingerprint density at radius 1 is 1.31 bits per heavy atom. The fourth-order valence-electron chi connectivity index (χ4n) is 2.18. The van der Waals surface area contributed by atoms with E-state index < -0.39 is 38.4 Å². The summed E-state index contributed by atoms with van der Waals surface area (Å²) in [4.78, 5) is 44.2. The van der Waals surface area contributed by atoms with Gasteiger partial charge in [-0.05, 0) is 0 Å². The van der Waals surface area contributed by atoms with E-state index in [1.54, 1.807) is 0 Å². The summed E-state index contributed by atoms with van der Waals surface area (Å²) in [5.41, 5.74) is 4.88. The van der Waals surface area contributed by atoms with Gasteiger partial charge in [-0.25, -0.2) is 9.56 Å². The fraction of sp³-hybridized carbons (Fsp3) is 0.400. The summed E-state index contributed by atoms with van der Waals surface area (Å²) in [6.45, 7) is -0.500. The van der Waals surface area contributed by atoms with Crippen LogP contribution in [-0.4, -0.2) is 50.2 Å². The standard InChI is InChI=1S/C10H12N5O6PS2.Mo.H2O/c11-10-14-7-4(8(16)15-10)12-3-6(24)5(23)2(21-9(3)13-7)1-20-22(17,18)19;;/h2-3,9,23-24H,1H2,(H2,17,18,19)(H3,11,13,14,15,16);;1H2/q;+2;/p-2/t2-,3+,9-;;/m1../s1. The maximum absolute atomic E-state index is 11.9. The maximum atomic E-state index is 11.9. The molecular formula is C10H12MoN5O7PS2. The first-order valence-electron chi connectivity index (χ1n) is 6.41. The van der Waals surface area contributed by atoms with Gasteiger partial charge >= 0.3 is 28.9 Å². The van der Waals surface area contributed by atoms with Crippen LogP contribution in [0.5, 0.6) is 0 Å². The molecule has 0 bridgehead atoms. The molecule has 0 saturated carbocycles. The Kier molecular flexibility index (Phi) is 7.56. The first kappa shape index (κ1) is 23.2. The van der Waals surface area contributed by atoms with Gasteiger partial charge in [-0.2, -0.15) is 14.8 Å². The molecule has 0 unspecified atom stereocenters. The molecule has 0 radical (unpaired) electrons. The molecule has 0 spiro atoms. The predicted molar refractivity (Wildman–Crippen MR) is 87.4 cm³/mol. The van der Waals surface area contributed by atoms with Gasteiger partial charge in [0.05, 0.1) is 18.8 Å². The quantitative estimate of drug-likeness (QED) is 0.180. The molecule has 2 aliphatic heterocycles. The van der Waals surface area contributed by atoms with E-state index in [1.165, 1.54) is 0 Å². The number of ether oxygens (including phenoxy) is 1. The van der Waals surface area contributed by atoms with Crippen LogP contribution in [0.4, 0.5) is 5.95 Å². The van der Waals surface area contributed by atoms with E-state index in [9.17, 15) is 9.36 Å². The molecule has 7 N–H and O–H groups in total. The first-order valence-corrected chi connectivity index (χ1v) is 8.75. The Morgan fingerprint density at radius 2 is 1.96 bits per heavy atom. The van der Waals surface area contributed by atoms with Gasteiger partial charge in [0, 0.05) is 0 Å². The van der Waals surface area contributed by atoms with Crippen LogP contribution < -0.4 is 22.1 Å². The van der Waals surface area contributed by atoms with Crippen molar-refractivity contribution in [3.63, 3.8) is 0 Å². The van der Waals surface area contributed by atoms with E-state index in [0.717, 1.165) is 0 Å². The zero-order chi connectivity index (χ0) is 17.6. The van der Waals surface area contributed by atoms with Crippen LogP contribution in [0.1, 0.15) is 0 Å². The largest absolute Gasteiger partial charge is 2.00 e. The summed E-state index contributed by atoms with van der Waals surface area (Å²) in [5.74, 6) is -0.133. The van der Waals surface area contributed by atoms with E-state index >= 15 is 0 Å². The smallest absolute Gasteiger partial charge is 0.783 e. The van der Waals surface area contributed by atoms with Gasteiger partial charge in [-0.1, -0.05) is 0 Å². The molecule has 0 amide bonds. The number of anilines is 1. The molecular weight excluding hydrogens is 493 g/mol. The number of hydrogen-bond acceptors (Lipinski definition) is 10. The molecule has 3 rings (SSSR count). The van der Waals surface area contributed by atoms with Crippen LogP contribution in [0.3, 0.4) is 0 Å². The molecule has 26 heavy (non-hydrogen) atoms. The minimum Gasteiger partial charge on any atom is -0.783 e. The SMILES string of the molecule is Nc1nc2c(c(=O)[nH]1)=N[C@H]1C([S-])=C([S-])[C@@H](COP(=O)(O)O)O[C@H]1N=2.O.[Mo+2]. The number of hydrogen-bond donors (Lipinski definition) is 4. The molecule has 2 aliphatic rings. The number of nitrogens with one attached hydrogen (secondary N) is 1. The second-order valence-corrected chi connectivity index (χ2v) is 6.98. The Labute approximate surface area is 170 Å². The number of rotatable bonds is 3. The first-order chi connectivity index (χ1) is 11.2. The van der Waals surface area contributed by atoms with Crippen molar-refractivity contribution >= 4 is 39.0 Å². The average molecular weight is 505 g/mol. The monoisotopic (exact) mass is 507 g/mol. The Bertz CT molecular complexity index is 950. The Morgan fingerprint density at radius 3 is 2.58 bits per heavy atom. The Balaban J connectivity index is 0.00000169. The summed E-state index contributed by atoms with van der Waals surface area (Å²) in [6.07, 6.45) is -1.93. The molecule has 0 fully saturated rings. The van der Waals surface area contributed by atoms with E-state index in [2.05, 4.69) is 24.5 Å². The summed E-state index contributed by atoms with van der Waals surface area (Å²) in [7, 11) is -4.69. The number of aromatic nitrogens is 2. The van der Waals surface area contributed by atoms with Crippen LogP contribution in [0.2, 0.25) is 0 Å². The van der Waals surface area contributed by atoms with Crippen molar-refractivity contribution in [1.82, 2.24) is 9.97 Å². The van der Waals surface area contributed by atoms with Gasteiger partial charge in [0.15, 0.2) is 17.1 Å². The van der Waals surface area contributed by atoms with Gasteiger partial charge in [0.25, 0.3) is 5.56 Å². The normalized spacial score (nSPS) is 24.2. The number of fused-ring (bicyclic) bond motifs is 2. The third kappa shape index (κ3) is 4.71. The predicted octanol–water partition coefficient (Wildman–Crippen LogP) is -3.71. The topological polar surface area (TPSA) is 204 Å². The van der Waals surface area contributed by atoms with Gasteiger partial charge in [0.1, 0.15) is 0 Å². The van der Waals surface area contributed by atoms with Gasteiger partial charge in [-0.15, -0.1) is 0 Å². The molecule has 1 aromatic heterocycles. The maximum Gasteiger partial charge on any atom is 2.00 e. The van der Waals surface area contributed by atoms with E-state index in [0.29, 0.717) is 0 Å². The van der Waals surface area contributed by atoms with E-state index in [4.69, 9.17) is 45.5 Å². The molecule has 0 aromatic carbocycles. The number of nitrogens with two attached hydrogens (primary N) is 1. The molecule has 3 atom stereocenters. The molecule has 3 heterocycles. The van der Waals surface area contributed by atoms with Crippen molar-refractivity contribution < 1.29 is 50.2 Å². The van der Waals surface area contributed by atoms with E-state index in [-0.39, 0.29) is 53.1 Å². The van der Waals surface area contributed by atoms with Crippen molar-refractivity contribution in [2.24, 2.45) is 9.98 Å². The average Bonchev–Trinajstić information content (AvgIpc) is 2.47. The van der Waals surface area contributed by atoms with Crippen LogP contribution in [0.25, 0.3) is 0 Å². The number of aromatic amines is 1. The number of phosphoric ester groups is 1. The van der Waals surface area contributed by atoms with Crippen molar-refractivity contribution in [2.45, 2.75) is 18.4 Å². The third-order valence-corrected chi connectivity index (χ3v) is 4.74. The van der Waals surface area contributed by atoms with Crippen LogP contribution in [0, 0.1) is 0 Å². The molecule has 12 nitrogen and oxygen atoms in total. The second-order valence-electron chi connectivity index (χ2n) is 4.86. The van der Waals surface area contributed by atoms with Gasteiger partial charge in [0.2, 0.25) is 5.95 Å². The van der Waals surface area contributed by atoms with Crippen LogP contribution >= 0.6 is 7.82 Å². The minimum atomic E-state index is -4.69. The van der Waals surface area contributed by atoms with Gasteiger partial charge in [-0.3, -0.25) is 19.3 Å². The number of nitrogens with zero attached hydrogens (tertiary/aromatic N) is 3. The molecule has 0 aliphatic carbocycles. The Hall–Kier alpha value is -0.822. The van der Waals surface area contributed by atoms with Crippen molar-refractivity contribution in [3.8, 4) is 0 Å². The van der Waals surface area contributed by atoms with Crippen molar-refractivity contribution in [3.05, 3.63) is 31.0 Å². The zero-order valence-corrected chi connectivity index (χ0v) is 17.1. The summed E-state index contributed by atoms with van der Waals surface area (Å²) in [6, 6.07) is -0.808. The number of H-pyrrole nitrogens is 1. The second kappa shape index (κ2) is 8.46. The molecule has 142 valence electrons. The third-order valence-electron chi connectivity index (χ3n) is 3.18. The van der Waals surface area contributed by atoms with Gasteiger partial charge < -0.3 is 51.0 Å². The van der Waals surface area contributed by atoms with E-state index in [1.807, 2.05) is 0 Å². The molecule has 1 aromatic rings. The summed E-state index contributed by atoms with van der Waals surface area (Å²) >= 11 is 10.4. The summed E-state index contributed by atoms with van der Waals surface area (Å²) < 4.78 is 20.8. The number of nitrogen functional groups attached to an aromatic ring is 1. The molecule has 16 heteroatoms. The minimum absolute atomic E-state index is 0.